The Bertz CT molecular complexity index is 641. The van der Waals surface area contributed by atoms with Gasteiger partial charge >= 0.3 is 12.1 Å². The molecule has 1 rings (SSSR count). The Balaban J connectivity index is 2.90. The number of aryl methyl sites for hydroxylation is 1. The lowest BCUT2D eigenvalue weighted by Gasteiger charge is -2.09. The van der Waals surface area contributed by atoms with E-state index in [1.807, 2.05) is 0 Å². The monoisotopic (exact) mass is 316 g/mol. The molecular formula is C12H16N2O6S. The molecule has 8 nitrogen and oxygen atoms in total. The van der Waals surface area contributed by atoms with Crippen molar-refractivity contribution < 1.29 is 27.9 Å². The minimum atomic E-state index is -3.88. The van der Waals surface area contributed by atoms with Crippen LogP contribution in [-0.4, -0.2) is 38.7 Å². The van der Waals surface area contributed by atoms with Crippen LogP contribution in [0.1, 0.15) is 22.8 Å². The first kappa shape index (κ1) is 16.9. The number of carboxylic acids is 1. The molecule has 9 heteroatoms. The summed E-state index contributed by atoms with van der Waals surface area (Å²) in [5.74, 6) is -1.19. The number of aromatic carboxylic acids is 1. The Morgan fingerprint density at radius 1 is 1.38 bits per heavy atom. The quantitative estimate of drug-likeness (QED) is 0.620. The fraction of sp³-hybridized carbons (Fsp3) is 0.333. The van der Waals surface area contributed by atoms with Gasteiger partial charge in [-0.15, -0.1) is 0 Å². The van der Waals surface area contributed by atoms with Gasteiger partial charge in [0.2, 0.25) is 10.0 Å². The normalized spacial score (nSPS) is 11.1. The molecule has 0 aromatic heterocycles. The summed E-state index contributed by atoms with van der Waals surface area (Å²) in [5.41, 5.74) is 5.21. The third-order valence-corrected chi connectivity index (χ3v) is 4.10. The van der Waals surface area contributed by atoms with Crippen molar-refractivity contribution in [3.05, 3.63) is 29.3 Å². The largest absolute Gasteiger partial charge is 0.478 e. The molecule has 0 spiro atoms. The van der Waals surface area contributed by atoms with E-state index in [-0.39, 0.29) is 23.6 Å². The molecule has 0 atom stereocenters. The van der Waals surface area contributed by atoms with Gasteiger partial charge in [0.15, 0.2) is 0 Å². The number of ether oxygens (including phenoxy) is 1. The van der Waals surface area contributed by atoms with Crippen molar-refractivity contribution in [2.24, 2.45) is 5.73 Å². The molecule has 0 unspecified atom stereocenters. The van der Waals surface area contributed by atoms with E-state index in [0.717, 1.165) is 6.07 Å². The van der Waals surface area contributed by atoms with E-state index < -0.39 is 22.1 Å². The predicted octanol–water partition coefficient (Wildman–Crippen LogP) is 0.321. The molecule has 0 aliphatic rings. The second-order valence-electron chi connectivity index (χ2n) is 4.04. The second-order valence-corrected chi connectivity index (χ2v) is 5.81. The fourth-order valence-electron chi connectivity index (χ4n) is 1.64. The summed E-state index contributed by atoms with van der Waals surface area (Å²) in [6.07, 6.45) is -0.531. The zero-order chi connectivity index (χ0) is 16.0. The smallest absolute Gasteiger partial charge is 0.404 e. The first-order valence-electron chi connectivity index (χ1n) is 6.06. The maximum absolute atomic E-state index is 12.0. The van der Waals surface area contributed by atoms with Crippen molar-refractivity contribution >= 4 is 22.1 Å². The van der Waals surface area contributed by atoms with Crippen molar-refractivity contribution in [2.45, 2.75) is 18.2 Å². The molecule has 0 saturated heterocycles. The summed E-state index contributed by atoms with van der Waals surface area (Å²) in [5, 5.41) is 9.08. The Labute approximate surface area is 122 Å². The summed E-state index contributed by atoms with van der Waals surface area (Å²) in [7, 11) is -3.88. The molecule has 0 aliphatic heterocycles. The van der Waals surface area contributed by atoms with Crippen molar-refractivity contribution in [3.8, 4) is 0 Å². The molecule has 0 radical (unpaired) electrons. The second kappa shape index (κ2) is 7.04. The SMILES string of the molecule is CCc1ccc(S(=O)(=O)NCCOC(N)=O)cc1C(=O)O. The predicted molar refractivity (Wildman–Crippen MR) is 73.5 cm³/mol. The van der Waals surface area contributed by atoms with Gasteiger partial charge in [-0.1, -0.05) is 13.0 Å². The Hall–Kier alpha value is -2.13. The molecular weight excluding hydrogens is 300 g/mol. The number of hydrogen-bond acceptors (Lipinski definition) is 5. The fourth-order valence-corrected chi connectivity index (χ4v) is 2.68. The third-order valence-electron chi connectivity index (χ3n) is 2.64. The molecule has 1 aromatic carbocycles. The van der Waals surface area contributed by atoms with Crippen LogP contribution in [-0.2, 0) is 21.2 Å². The maximum atomic E-state index is 12.0. The van der Waals surface area contributed by atoms with Crippen LogP contribution in [0.5, 0.6) is 0 Å². The van der Waals surface area contributed by atoms with Crippen LogP contribution in [0.4, 0.5) is 4.79 Å². The molecule has 116 valence electrons. The van der Waals surface area contributed by atoms with E-state index in [9.17, 15) is 18.0 Å². The Morgan fingerprint density at radius 2 is 2.05 bits per heavy atom. The number of rotatable bonds is 7. The molecule has 21 heavy (non-hydrogen) atoms. The van der Waals surface area contributed by atoms with Crippen LogP contribution >= 0.6 is 0 Å². The van der Waals surface area contributed by atoms with Crippen LogP contribution in [0.3, 0.4) is 0 Å². The highest BCUT2D eigenvalue weighted by atomic mass is 32.2. The van der Waals surface area contributed by atoms with Crippen LogP contribution < -0.4 is 10.5 Å². The molecule has 1 amide bonds. The van der Waals surface area contributed by atoms with E-state index in [4.69, 9.17) is 10.8 Å². The average Bonchev–Trinajstić information content (AvgIpc) is 2.42. The summed E-state index contributed by atoms with van der Waals surface area (Å²) in [6.45, 7) is 1.39. The van der Waals surface area contributed by atoms with Crippen molar-refractivity contribution in [1.82, 2.24) is 4.72 Å². The van der Waals surface area contributed by atoms with Crippen molar-refractivity contribution in [1.29, 1.82) is 0 Å². The molecule has 0 fully saturated rings. The first-order chi connectivity index (χ1) is 9.77. The molecule has 1 aromatic rings. The molecule has 0 saturated carbocycles. The standard InChI is InChI=1S/C12H16N2O6S/c1-2-8-3-4-9(7-10(8)11(15)16)21(18,19)14-5-6-20-12(13)17/h3-4,7,14H,2,5-6H2,1H3,(H2,13,17)(H,15,16). The number of sulfonamides is 1. The number of carboxylic acid groups (broad SMARTS) is 1. The Morgan fingerprint density at radius 3 is 2.57 bits per heavy atom. The van der Waals surface area contributed by atoms with E-state index in [1.54, 1.807) is 6.92 Å². The van der Waals surface area contributed by atoms with Gasteiger partial charge in [0.25, 0.3) is 0 Å². The van der Waals surface area contributed by atoms with Gasteiger partial charge in [-0.25, -0.2) is 22.7 Å². The van der Waals surface area contributed by atoms with Gasteiger partial charge in [0.1, 0.15) is 6.61 Å². The summed E-state index contributed by atoms with van der Waals surface area (Å²) in [4.78, 5) is 21.3. The molecule has 0 heterocycles. The third kappa shape index (κ3) is 4.72. The van der Waals surface area contributed by atoms with Crippen molar-refractivity contribution in [2.75, 3.05) is 13.2 Å². The number of hydrogen-bond donors (Lipinski definition) is 3. The molecule has 0 bridgehead atoms. The van der Waals surface area contributed by atoms with E-state index >= 15 is 0 Å². The van der Waals surface area contributed by atoms with Crippen LogP contribution in [0.2, 0.25) is 0 Å². The van der Waals surface area contributed by atoms with Gasteiger partial charge in [0, 0.05) is 6.54 Å². The van der Waals surface area contributed by atoms with Gasteiger partial charge in [-0.05, 0) is 24.1 Å². The Kier molecular flexibility index (Phi) is 5.68. The number of carbonyl (C=O) groups excluding carboxylic acids is 1. The number of amides is 1. The zero-order valence-corrected chi connectivity index (χ0v) is 12.1. The maximum Gasteiger partial charge on any atom is 0.404 e. The molecule has 4 N–H and O–H groups in total. The number of nitrogens with one attached hydrogen (secondary N) is 1. The van der Waals surface area contributed by atoms with Gasteiger partial charge < -0.3 is 15.6 Å². The minimum Gasteiger partial charge on any atom is -0.478 e. The highest BCUT2D eigenvalue weighted by Gasteiger charge is 2.18. The summed E-state index contributed by atoms with van der Waals surface area (Å²) < 4.78 is 30.5. The van der Waals surface area contributed by atoms with Crippen LogP contribution in [0.15, 0.2) is 23.1 Å². The lowest BCUT2D eigenvalue weighted by molar-refractivity contribution is 0.0695. The van der Waals surface area contributed by atoms with Crippen molar-refractivity contribution in [3.63, 3.8) is 0 Å². The number of nitrogens with two attached hydrogens (primary N) is 1. The van der Waals surface area contributed by atoms with Gasteiger partial charge in [0.05, 0.1) is 10.5 Å². The van der Waals surface area contributed by atoms with E-state index in [1.165, 1.54) is 12.1 Å². The zero-order valence-electron chi connectivity index (χ0n) is 11.3. The number of primary amides is 1. The molecule has 0 aliphatic carbocycles. The summed E-state index contributed by atoms with van der Waals surface area (Å²) in [6, 6.07) is 3.87. The van der Waals surface area contributed by atoms with E-state index in [2.05, 4.69) is 9.46 Å². The van der Waals surface area contributed by atoms with Gasteiger partial charge in [-0.2, -0.15) is 0 Å². The minimum absolute atomic E-state index is 0.0613. The first-order valence-corrected chi connectivity index (χ1v) is 7.54. The van der Waals surface area contributed by atoms with E-state index in [0.29, 0.717) is 12.0 Å². The topological polar surface area (TPSA) is 136 Å². The van der Waals surface area contributed by atoms with Gasteiger partial charge in [-0.3, -0.25) is 0 Å². The number of benzene rings is 1. The highest BCUT2D eigenvalue weighted by molar-refractivity contribution is 7.89. The lowest BCUT2D eigenvalue weighted by Crippen LogP contribution is -2.29. The van der Waals surface area contributed by atoms with Crippen LogP contribution in [0, 0.1) is 0 Å². The van der Waals surface area contributed by atoms with Crippen LogP contribution in [0.25, 0.3) is 0 Å². The lowest BCUT2D eigenvalue weighted by atomic mass is 10.1. The summed E-state index contributed by atoms with van der Waals surface area (Å²) >= 11 is 0. The highest BCUT2D eigenvalue weighted by Crippen LogP contribution is 2.16. The number of carbonyl (C=O) groups is 2. The average molecular weight is 316 g/mol.